The Morgan fingerprint density at radius 2 is 1.61 bits per heavy atom. The van der Waals surface area contributed by atoms with Crippen LogP contribution in [0.3, 0.4) is 0 Å². The third-order valence-corrected chi connectivity index (χ3v) is 9.14. The third kappa shape index (κ3) is 7.80. The van der Waals surface area contributed by atoms with Gasteiger partial charge in [-0.05, 0) is 55.1 Å². The Kier molecular flexibility index (Phi) is 8.51. The van der Waals surface area contributed by atoms with E-state index in [2.05, 4.69) is 25.8 Å². The van der Waals surface area contributed by atoms with E-state index in [1.807, 2.05) is 0 Å². The molecule has 2 amide bonds. The quantitative estimate of drug-likeness (QED) is 0.240. The van der Waals surface area contributed by atoms with Gasteiger partial charge >= 0.3 is 6.18 Å². The van der Waals surface area contributed by atoms with Gasteiger partial charge in [-0.3, -0.25) is 14.3 Å². The van der Waals surface area contributed by atoms with Gasteiger partial charge < -0.3 is 10.6 Å². The molecule has 3 aliphatic rings. The minimum Gasteiger partial charge on any atom is -0.349 e. The van der Waals surface area contributed by atoms with E-state index in [1.165, 1.54) is 10.7 Å². The van der Waals surface area contributed by atoms with Crippen molar-refractivity contribution in [2.75, 3.05) is 0 Å². The van der Waals surface area contributed by atoms with Crippen LogP contribution in [0.4, 0.5) is 30.7 Å². The molecule has 0 unspecified atom stereocenters. The predicted molar refractivity (Wildman–Crippen MR) is 149 cm³/mol. The number of imidazole rings is 1. The topological polar surface area (TPSA) is 106 Å². The van der Waals surface area contributed by atoms with Crippen molar-refractivity contribution in [3.05, 3.63) is 47.7 Å². The Hall–Kier alpha value is -3.72. The highest BCUT2D eigenvalue weighted by atomic mass is 19.4. The molecule has 3 heterocycles. The third-order valence-electron chi connectivity index (χ3n) is 9.14. The molecule has 2 atom stereocenters. The van der Waals surface area contributed by atoms with Gasteiger partial charge in [0.15, 0.2) is 5.65 Å². The molecule has 0 radical (unpaired) electrons. The molecule has 3 aromatic rings. The lowest BCUT2D eigenvalue weighted by Crippen LogP contribution is -2.39. The summed E-state index contributed by atoms with van der Waals surface area (Å²) in [7, 11) is 0. The van der Waals surface area contributed by atoms with E-state index < -0.39 is 48.9 Å². The Morgan fingerprint density at radius 1 is 0.913 bits per heavy atom. The molecule has 0 spiro atoms. The van der Waals surface area contributed by atoms with Crippen molar-refractivity contribution in [2.45, 2.75) is 101 Å². The van der Waals surface area contributed by atoms with Crippen molar-refractivity contribution in [2.24, 2.45) is 17.8 Å². The van der Waals surface area contributed by atoms with Crippen molar-refractivity contribution < 1.29 is 40.3 Å². The first-order valence-corrected chi connectivity index (χ1v) is 15.4. The van der Waals surface area contributed by atoms with Crippen LogP contribution in [0.1, 0.15) is 97.9 Å². The van der Waals surface area contributed by atoms with Crippen LogP contribution in [0.5, 0.6) is 0 Å². The number of nitrogens with zero attached hydrogens (tertiary/aromatic N) is 5. The molecular formula is C30H34F7N7O2. The van der Waals surface area contributed by atoms with Gasteiger partial charge in [0.1, 0.15) is 0 Å². The van der Waals surface area contributed by atoms with Crippen LogP contribution in [-0.2, 0) is 11.3 Å². The molecule has 3 fully saturated rings. The summed E-state index contributed by atoms with van der Waals surface area (Å²) < 4.78 is 95.0. The molecule has 0 aromatic carbocycles. The minimum absolute atomic E-state index is 0.0189. The molecule has 46 heavy (non-hydrogen) atoms. The molecule has 9 nitrogen and oxygen atoms in total. The van der Waals surface area contributed by atoms with Gasteiger partial charge in [-0.1, -0.05) is 0 Å². The monoisotopic (exact) mass is 657 g/mol. The highest BCUT2D eigenvalue weighted by Crippen LogP contribution is 2.45. The lowest BCUT2D eigenvalue weighted by Gasteiger charge is -2.34. The second-order valence-corrected chi connectivity index (χ2v) is 13.0. The van der Waals surface area contributed by atoms with E-state index in [1.54, 1.807) is 18.5 Å². The number of hydrogen-bond donors (Lipinski definition) is 2. The van der Waals surface area contributed by atoms with Gasteiger partial charge in [0.25, 0.3) is 5.91 Å². The highest BCUT2D eigenvalue weighted by molar-refractivity contribution is 5.94. The predicted octanol–water partition coefficient (Wildman–Crippen LogP) is 6.18. The lowest BCUT2D eigenvalue weighted by molar-refractivity contribution is -0.137. The molecule has 0 aliphatic heterocycles. The zero-order chi connectivity index (χ0) is 32.9. The number of fused-ring (bicyclic) bond motifs is 1. The summed E-state index contributed by atoms with van der Waals surface area (Å²) in [5.74, 6) is -7.05. The summed E-state index contributed by atoms with van der Waals surface area (Å²) in [6.07, 6.45) is 0.699. The normalized spacial score (nSPS) is 21.5. The maximum atomic E-state index is 14.0. The number of carbonyl (C=O) groups is 2. The summed E-state index contributed by atoms with van der Waals surface area (Å²) in [4.78, 5) is 30.6. The maximum Gasteiger partial charge on any atom is 0.390 e. The Morgan fingerprint density at radius 3 is 2.26 bits per heavy atom. The average Bonchev–Trinajstić information content (AvgIpc) is 3.52. The first-order chi connectivity index (χ1) is 21.6. The fourth-order valence-electron chi connectivity index (χ4n) is 6.45. The molecular weight excluding hydrogens is 623 g/mol. The zero-order valence-corrected chi connectivity index (χ0v) is 24.7. The largest absolute Gasteiger partial charge is 0.390 e. The standard InChI is InChI=1S/C30H34F7N7O2/c31-28(32)5-3-19(4-6-28)26(42-27(46)21-14-38-43(15-21)8-7-30(35,36)37)22-16-44-23(40-22)10-20(13-39-44)25(18-1-2-18)41-24(45)9-17-11-29(33,34)12-17/h10,13-19,25-26H,1-9,11-12H2,(H,41,45)(H,42,46)/t25-,26+/m1/s1. The van der Waals surface area contributed by atoms with Gasteiger partial charge in [0, 0.05) is 44.8 Å². The molecule has 3 aliphatic carbocycles. The molecule has 0 saturated heterocycles. The first-order valence-electron chi connectivity index (χ1n) is 15.4. The van der Waals surface area contributed by atoms with Crippen molar-refractivity contribution in [3.8, 4) is 0 Å². The molecule has 3 aromatic heterocycles. The molecule has 3 saturated carbocycles. The summed E-state index contributed by atoms with van der Waals surface area (Å²) in [5, 5.41) is 14.1. The van der Waals surface area contributed by atoms with Crippen LogP contribution in [-0.4, -0.2) is 54.2 Å². The van der Waals surface area contributed by atoms with Crippen LogP contribution in [0, 0.1) is 17.8 Å². The summed E-state index contributed by atoms with van der Waals surface area (Å²) >= 11 is 0. The summed E-state index contributed by atoms with van der Waals surface area (Å²) in [6, 6.07) is 0.568. The van der Waals surface area contributed by atoms with Crippen molar-refractivity contribution in [1.29, 1.82) is 0 Å². The van der Waals surface area contributed by atoms with Crippen LogP contribution in [0.15, 0.2) is 30.9 Å². The number of amides is 2. The number of rotatable bonds is 11. The second-order valence-electron chi connectivity index (χ2n) is 13.0. The zero-order valence-electron chi connectivity index (χ0n) is 24.7. The molecule has 16 heteroatoms. The van der Waals surface area contributed by atoms with E-state index in [-0.39, 0.29) is 74.3 Å². The molecule has 250 valence electrons. The number of carbonyl (C=O) groups excluding carboxylic acids is 2. The SMILES string of the molecule is O=C(CC1CC(F)(F)C1)N[C@@H](c1cnn2cc([C@@H](NC(=O)c3cnn(CCC(F)(F)F)c3)C3CCC(F)(F)CC3)nc2c1)C1CC1. The Balaban J connectivity index is 1.20. The van der Waals surface area contributed by atoms with Gasteiger partial charge in [-0.2, -0.15) is 23.4 Å². The average molecular weight is 658 g/mol. The maximum absolute atomic E-state index is 14.0. The first kappa shape index (κ1) is 32.2. The summed E-state index contributed by atoms with van der Waals surface area (Å²) in [6.45, 7) is -0.461. The fourth-order valence-corrected chi connectivity index (χ4v) is 6.45. The van der Waals surface area contributed by atoms with Crippen LogP contribution < -0.4 is 10.6 Å². The Bertz CT molecular complexity index is 1560. The number of hydrogen-bond acceptors (Lipinski definition) is 5. The van der Waals surface area contributed by atoms with Gasteiger partial charge in [-0.25, -0.2) is 27.1 Å². The Labute approximate surface area is 259 Å². The molecule has 0 bridgehead atoms. The van der Waals surface area contributed by atoms with Crippen LogP contribution >= 0.6 is 0 Å². The van der Waals surface area contributed by atoms with Crippen molar-refractivity contribution >= 4 is 17.5 Å². The fraction of sp³-hybridized carbons (Fsp3) is 0.633. The van der Waals surface area contributed by atoms with Crippen molar-refractivity contribution in [1.82, 2.24) is 35.0 Å². The number of aromatic nitrogens is 5. The smallest absolute Gasteiger partial charge is 0.349 e. The van der Waals surface area contributed by atoms with Gasteiger partial charge in [-0.15, -0.1) is 0 Å². The van der Waals surface area contributed by atoms with Crippen molar-refractivity contribution in [3.63, 3.8) is 0 Å². The van der Waals surface area contributed by atoms with E-state index >= 15 is 0 Å². The second kappa shape index (κ2) is 12.1. The van der Waals surface area contributed by atoms with Crippen LogP contribution in [0.25, 0.3) is 5.65 Å². The molecule has 2 N–H and O–H groups in total. The van der Waals surface area contributed by atoms with E-state index in [4.69, 9.17) is 0 Å². The highest BCUT2D eigenvalue weighted by Gasteiger charge is 2.46. The van der Waals surface area contributed by atoms with Gasteiger partial charge in [0.2, 0.25) is 17.8 Å². The van der Waals surface area contributed by atoms with Gasteiger partial charge in [0.05, 0.1) is 48.4 Å². The number of alkyl halides is 7. The van der Waals surface area contributed by atoms with E-state index in [0.717, 1.165) is 23.7 Å². The lowest BCUT2D eigenvalue weighted by atomic mass is 9.79. The number of nitrogens with one attached hydrogen (secondary N) is 2. The van der Waals surface area contributed by atoms with E-state index in [9.17, 15) is 40.3 Å². The number of aryl methyl sites for hydroxylation is 1. The molecule has 6 rings (SSSR count). The number of halogens is 7. The van der Waals surface area contributed by atoms with Crippen LogP contribution in [0.2, 0.25) is 0 Å². The van der Waals surface area contributed by atoms with E-state index in [0.29, 0.717) is 16.9 Å². The minimum atomic E-state index is -4.39. The summed E-state index contributed by atoms with van der Waals surface area (Å²) in [5.41, 5.74) is 1.47.